The third-order valence-electron chi connectivity index (χ3n) is 1.80. The van der Waals surface area contributed by atoms with Gasteiger partial charge < -0.3 is 5.32 Å². The Kier molecular flexibility index (Phi) is 3.48. The lowest BCUT2D eigenvalue weighted by Crippen LogP contribution is -2.16. The smallest absolute Gasteiger partial charge is 0.0576 e. The normalized spacial score (nSPS) is 12.4. The molecular weight excluding hydrogens is 148 g/mol. The van der Waals surface area contributed by atoms with E-state index >= 15 is 0 Å². The fraction of sp³-hybridized carbons (Fsp3) is 0.300. The molecule has 0 aromatic carbocycles. The van der Waals surface area contributed by atoms with Crippen LogP contribution in [0.25, 0.3) is 0 Å². The molecule has 0 aliphatic carbocycles. The van der Waals surface area contributed by atoms with Crippen LogP contribution >= 0.6 is 0 Å². The summed E-state index contributed by atoms with van der Waals surface area (Å²) >= 11 is 0. The summed E-state index contributed by atoms with van der Waals surface area (Å²) in [6, 6.07) is 6.23. The molecule has 1 atom stereocenters. The van der Waals surface area contributed by atoms with Crippen LogP contribution in [0.5, 0.6) is 0 Å². The molecule has 0 fully saturated rings. The first kappa shape index (κ1) is 8.94. The highest BCUT2D eigenvalue weighted by Crippen LogP contribution is 2.12. The molecule has 1 aromatic heterocycles. The number of hydrogen-bond acceptors (Lipinski definition) is 2. The van der Waals surface area contributed by atoms with Gasteiger partial charge in [-0.1, -0.05) is 12.1 Å². The first-order valence-electron chi connectivity index (χ1n) is 4.07. The number of nitrogens with zero attached hydrogens (tertiary/aromatic N) is 1. The van der Waals surface area contributed by atoms with Gasteiger partial charge in [0.2, 0.25) is 0 Å². The quantitative estimate of drug-likeness (QED) is 0.684. The lowest BCUT2D eigenvalue weighted by molar-refractivity contribution is 0.587. The minimum absolute atomic E-state index is 0.295. The molecule has 1 rings (SSSR count). The molecule has 12 heavy (non-hydrogen) atoms. The highest BCUT2D eigenvalue weighted by molar-refractivity contribution is 5.09. The van der Waals surface area contributed by atoms with Gasteiger partial charge in [0, 0.05) is 6.20 Å². The molecule has 0 aliphatic rings. The van der Waals surface area contributed by atoms with E-state index in [1.54, 1.807) is 0 Å². The molecule has 1 N–H and O–H groups in total. The SMILES string of the molecule is C=CCC(NC)c1ccccn1. The highest BCUT2D eigenvalue weighted by atomic mass is 14.9. The van der Waals surface area contributed by atoms with Gasteiger partial charge in [-0.2, -0.15) is 0 Å². The molecular formula is C10H14N2. The van der Waals surface area contributed by atoms with Crippen molar-refractivity contribution in [2.24, 2.45) is 0 Å². The van der Waals surface area contributed by atoms with E-state index in [-0.39, 0.29) is 0 Å². The van der Waals surface area contributed by atoms with Crippen LogP contribution in [0.1, 0.15) is 18.2 Å². The Balaban J connectivity index is 2.72. The molecule has 1 aromatic rings. The maximum Gasteiger partial charge on any atom is 0.0576 e. The maximum absolute atomic E-state index is 4.26. The van der Waals surface area contributed by atoms with E-state index in [1.807, 2.05) is 37.5 Å². The van der Waals surface area contributed by atoms with Gasteiger partial charge in [-0.05, 0) is 25.6 Å². The molecule has 2 nitrogen and oxygen atoms in total. The topological polar surface area (TPSA) is 24.9 Å². The van der Waals surface area contributed by atoms with E-state index < -0.39 is 0 Å². The summed E-state index contributed by atoms with van der Waals surface area (Å²) in [4.78, 5) is 4.26. The van der Waals surface area contributed by atoms with E-state index in [0.29, 0.717) is 6.04 Å². The molecule has 0 amide bonds. The lowest BCUT2D eigenvalue weighted by atomic mass is 10.1. The summed E-state index contributed by atoms with van der Waals surface area (Å²) in [5.41, 5.74) is 1.07. The lowest BCUT2D eigenvalue weighted by Gasteiger charge is -2.12. The molecule has 1 unspecified atom stereocenters. The largest absolute Gasteiger partial charge is 0.311 e. The van der Waals surface area contributed by atoms with Crippen molar-refractivity contribution in [2.45, 2.75) is 12.5 Å². The second-order valence-corrected chi connectivity index (χ2v) is 2.62. The van der Waals surface area contributed by atoms with Crippen molar-refractivity contribution in [3.63, 3.8) is 0 Å². The van der Waals surface area contributed by atoms with Crippen LogP contribution in [0.2, 0.25) is 0 Å². The summed E-state index contributed by atoms with van der Waals surface area (Å²) in [6.45, 7) is 3.71. The van der Waals surface area contributed by atoms with E-state index in [4.69, 9.17) is 0 Å². The summed E-state index contributed by atoms with van der Waals surface area (Å²) < 4.78 is 0. The molecule has 2 heteroatoms. The molecule has 0 aliphatic heterocycles. The Hall–Kier alpha value is -1.15. The van der Waals surface area contributed by atoms with E-state index in [0.717, 1.165) is 12.1 Å². The first-order valence-corrected chi connectivity index (χ1v) is 4.07. The standard InChI is InChI=1S/C10H14N2/c1-3-6-9(11-2)10-7-4-5-8-12-10/h3-5,7-9,11H,1,6H2,2H3. The van der Waals surface area contributed by atoms with Crippen molar-refractivity contribution in [1.29, 1.82) is 0 Å². The van der Waals surface area contributed by atoms with Gasteiger partial charge in [-0.25, -0.2) is 0 Å². The zero-order valence-electron chi connectivity index (χ0n) is 7.33. The van der Waals surface area contributed by atoms with Crippen molar-refractivity contribution in [1.82, 2.24) is 10.3 Å². The van der Waals surface area contributed by atoms with Crippen molar-refractivity contribution < 1.29 is 0 Å². The van der Waals surface area contributed by atoms with Gasteiger partial charge in [0.25, 0.3) is 0 Å². The Labute approximate surface area is 73.3 Å². The summed E-state index contributed by atoms with van der Waals surface area (Å²) in [7, 11) is 1.93. The highest BCUT2D eigenvalue weighted by Gasteiger charge is 2.06. The Bertz CT molecular complexity index is 231. The van der Waals surface area contributed by atoms with Gasteiger partial charge in [0.15, 0.2) is 0 Å². The molecule has 0 bridgehead atoms. The Morgan fingerprint density at radius 3 is 3.00 bits per heavy atom. The maximum atomic E-state index is 4.26. The number of pyridine rings is 1. The van der Waals surface area contributed by atoms with Crippen LogP contribution < -0.4 is 5.32 Å². The third kappa shape index (κ3) is 2.17. The van der Waals surface area contributed by atoms with Crippen molar-refractivity contribution >= 4 is 0 Å². The fourth-order valence-corrected chi connectivity index (χ4v) is 1.14. The predicted octanol–water partition coefficient (Wildman–Crippen LogP) is 1.92. The zero-order chi connectivity index (χ0) is 8.81. The predicted molar refractivity (Wildman–Crippen MR) is 50.9 cm³/mol. The van der Waals surface area contributed by atoms with Crippen LogP contribution in [0, 0.1) is 0 Å². The number of rotatable bonds is 4. The first-order chi connectivity index (χ1) is 5.88. The zero-order valence-corrected chi connectivity index (χ0v) is 7.33. The second-order valence-electron chi connectivity index (χ2n) is 2.62. The van der Waals surface area contributed by atoms with Crippen molar-refractivity contribution in [3.8, 4) is 0 Å². The average molecular weight is 162 g/mol. The third-order valence-corrected chi connectivity index (χ3v) is 1.80. The second kappa shape index (κ2) is 4.67. The minimum Gasteiger partial charge on any atom is -0.311 e. The van der Waals surface area contributed by atoms with Crippen LogP contribution in [0.3, 0.4) is 0 Å². The van der Waals surface area contributed by atoms with Gasteiger partial charge in [0.05, 0.1) is 11.7 Å². The van der Waals surface area contributed by atoms with E-state index in [9.17, 15) is 0 Å². The number of nitrogens with one attached hydrogen (secondary N) is 1. The van der Waals surface area contributed by atoms with Crippen LogP contribution in [-0.2, 0) is 0 Å². The van der Waals surface area contributed by atoms with E-state index in [2.05, 4.69) is 16.9 Å². The molecule has 0 spiro atoms. The van der Waals surface area contributed by atoms with Crippen LogP contribution in [0.15, 0.2) is 37.1 Å². The Morgan fingerprint density at radius 2 is 2.50 bits per heavy atom. The minimum atomic E-state index is 0.295. The fourth-order valence-electron chi connectivity index (χ4n) is 1.14. The van der Waals surface area contributed by atoms with Gasteiger partial charge in [0.1, 0.15) is 0 Å². The van der Waals surface area contributed by atoms with Gasteiger partial charge in [-0.15, -0.1) is 6.58 Å². The van der Waals surface area contributed by atoms with E-state index in [1.165, 1.54) is 0 Å². The molecule has 0 saturated carbocycles. The van der Waals surface area contributed by atoms with Crippen LogP contribution in [-0.4, -0.2) is 12.0 Å². The summed E-state index contributed by atoms with van der Waals surface area (Å²) in [6.07, 6.45) is 4.62. The van der Waals surface area contributed by atoms with Gasteiger partial charge in [-0.3, -0.25) is 4.98 Å². The summed E-state index contributed by atoms with van der Waals surface area (Å²) in [5, 5.41) is 3.19. The molecule has 0 radical (unpaired) electrons. The monoisotopic (exact) mass is 162 g/mol. The Morgan fingerprint density at radius 1 is 1.67 bits per heavy atom. The average Bonchev–Trinajstić information content (AvgIpc) is 2.15. The summed E-state index contributed by atoms with van der Waals surface area (Å²) in [5.74, 6) is 0. The number of hydrogen-bond donors (Lipinski definition) is 1. The van der Waals surface area contributed by atoms with Gasteiger partial charge >= 0.3 is 0 Å². The van der Waals surface area contributed by atoms with Crippen LogP contribution in [0.4, 0.5) is 0 Å². The molecule has 0 saturated heterocycles. The number of aromatic nitrogens is 1. The molecule has 1 heterocycles. The van der Waals surface area contributed by atoms with Crippen molar-refractivity contribution in [2.75, 3.05) is 7.05 Å². The van der Waals surface area contributed by atoms with Crippen molar-refractivity contribution in [3.05, 3.63) is 42.7 Å². The molecule has 64 valence electrons.